The normalized spacial score (nSPS) is 15.0. The number of rotatable bonds is 4. The first kappa shape index (κ1) is 15.0. The van der Waals surface area contributed by atoms with Crippen LogP contribution in [0, 0.1) is 23.6 Å². The van der Waals surface area contributed by atoms with Gasteiger partial charge in [0.15, 0.2) is 0 Å². The Morgan fingerprint density at radius 3 is 2.75 bits per heavy atom. The number of sulfonamides is 1. The summed E-state index contributed by atoms with van der Waals surface area (Å²) >= 11 is 0. The van der Waals surface area contributed by atoms with Gasteiger partial charge in [-0.25, -0.2) is 17.1 Å². The van der Waals surface area contributed by atoms with Crippen LogP contribution in [-0.2, 0) is 10.0 Å². The predicted molar refractivity (Wildman–Crippen MR) is 74.9 cm³/mol. The van der Waals surface area contributed by atoms with Gasteiger partial charge in [0.25, 0.3) is 0 Å². The van der Waals surface area contributed by atoms with E-state index in [0.29, 0.717) is 12.5 Å². The molecule has 0 amide bonds. The minimum absolute atomic E-state index is 0.0306. The lowest BCUT2D eigenvalue weighted by molar-refractivity contribution is 0.452. The number of hydrogen-bond donors (Lipinski definition) is 1. The van der Waals surface area contributed by atoms with Crippen LogP contribution in [0.25, 0.3) is 0 Å². The monoisotopic (exact) mass is 296 g/mol. The average Bonchev–Trinajstić information content (AvgIpc) is 3.20. The quantitative estimate of drug-likeness (QED) is 0.848. The van der Waals surface area contributed by atoms with Crippen LogP contribution in [0.2, 0.25) is 0 Å². The summed E-state index contributed by atoms with van der Waals surface area (Å²) in [7, 11) is -2.11. The summed E-state index contributed by atoms with van der Waals surface area (Å²) in [5, 5.41) is 0. The first-order valence-corrected chi connectivity index (χ1v) is 7.84. The fraction of sp³-hybridized carbons (Fsp3) is 0.429. The number of nitrogens with two attached hydrogens (primary N) is 1. The Hall–Kier alpha value is -1.42. The summed E-state index contributed by atoms with van der Waals surface area (Å²) in [4.78, 5) is 0.0306. The molecule has 0 radical (unpaired) electrons. The van der Waals surface area contributed by atoms with E-state index in [1.54, 1.807) is 0 Å². The molecule has 2 N–H and O–H groups in total. The van der Waals surface area contributed by atoms with Gasteiger partial charge in [0, 0.05) is 19.2 Å². The molecular formula is C14H17FN2O2S. The van der Waals surface area contributed by atoms with Crippen molar-refractivity contribution in [2.75, 3.05) is 20.1 Å². The van der Waals surface area contributed by atoms with Crippen LogP contribution in [0.3, 0.4) is 0 Å². The van der Waals surface area contributed by atoms with Crippen molar-refractivity contribution in [2.45, 2.75) is 17.7 Å². The Morgan fingerprint density at radius 2 is 2.15 bits per heavy atom. The minimum Gasteiger partial charge on any atom is -0.320 e. The van der Waals surface area contributed by atoms with Crippen LogP contribution in [0.15, 0.2) is 23.1 Å². The van der Waals surface area contributed by atoms with E-state index in [-0.39, 0.29) is 17.0 Å². The second kappa shape index (κ2) is 5.92. The maximum absolute atomic E-state index is 13.3. The highest BCUT2D eigenvalue weighted by molar-refractivity contribution is 7.89. The number of benzene rings is 1. The third-order valence-corrected chi connectivity index (χ3v) is 5.05. The van der Waals surface area contributed by atoms with Crippen LogP contribution >= 0.6 is 0 Å². The zero-order valence-electron chi connectivity index (χ0n) is 11.3. The van der Waals surface area contributed by atoms with Crippen molar-refractivity contribution < 1.29 is 12.8 Å². The molecular weight excluding hydrogens is 279 g/mol. The van der Waals surface area contributed by atoms with Crippen LogP contribution in [0.5, 0.6) is 0 Å². The molecule has 1 fully saturated rings. The smallest absolute Gasteiger partial charge is 0.244 e. The molecule has 0 atom stereocenters. The molecule has 0 aliphatic heterocycles. The lowest BCUT2D eigenvalue weighted by Crippen LogP contribution is -2.29. The minimum atomic E-state index is -3.65. The van der Waals surface area contributed by atoms with Crippen LogP contribution in [0.4, 0.5) is 4.39 Å². The molecule has 0 unspecified atom stereocenters. The SMILES string of the molecule is CN(CC1CC1)S(=O)(=O)c1ccc(F)cc1C#CCN. The predicted octanol–water partition coefficient (Wildman–Crippen LogP) is 1.17. The molecule has 0 spiro atoms. The summed E-state index contributed by atoms with van der Waals surface area (Å²) < 4.78 is 39.6. The lowest BCUT2D eigenvalue weighted by Gasteiger charge is -2.17. The molecule has 0 bridgehead atoms. The standard InChI is InChI=1S/C14H17FN2O2S/c1-17(10-11-4-5-11)20(18,19)14-7-6-13(15)9-12(14)3-2-8-16/h6-7,9,11H,4-5,8,10,16H2,1H3. The first-order valence-electron chi connectivity index (χ1n) is 6.40. The summed E-state index contributed by atoms with van der Waals surface area (Å²) in [6, 6.07) is 3.51. The number of hydrogen-bond acceptors (Lipinski definition) is 3. The highest BCUT2D eigenvalue weighted by Crippen LogP contribution is 2.31. The van der Waals surface area contributed by atoms with Crippen LogP contribution in [0.1, 0.15) is 18.4 Å². The topological polar surface area (TPSA) is 63.4 Å². The maximum atomic E-state index is 13.3. The van der Waals surface area contributed by atoms with E-state index in [2.05, 4.69) is 11.8 Å². The van der Waals surface area contributed by atoms with Crippen molar-refractivity contribution in [3.63, 3.8) is 0 Å². The summed E-state index contributed by atoms with van der Waals surface area (Å²) in [6.45, 7) is 0.581. The van der Waals surface area contributed by atoms with E-state index in [9.17, 15) is 12.8 Å². The van der Waals surface area contributed by atoms with E-state index >= 15 is 0 Å². The van der Waals surface area contributed by atoms with E-state index in [0.717, 1.165) is 25.0 Å². The van der Waals surface area contributed by atoms with Gasteiger partial charge in [-0.3, -0.25) is 0 Å². The Labute approximate surface area is 118 Å². The molecule has 1 aliphatic rings. The third kappa shape index (κ3) is 3.37. The van der Waals surface area contributed by atoms with Gasteiger partial charge in [0.2, 0.25) is 10.0 Å². The summed E-state index contributed by atoms with van der Waals surface area (Å²) in [5.41, 5.74) is 5.43. The zero-order chi connectivity index (χ0) is 14.8. The fourth-order valence-electron chi connectivity index (χ4n) is 1.90. The lowest BCUT2D eigenvalue weighted by atomic mass is 10.2. The zero-order valence-corrected chi connectivity index (χ0v) is 12.1. The van der Waals surface area contributed by atoms with Gasteiger partial charge in [0.1, 0.15) is 5.82 Å². The molecule has 1 aliphatic carbocycles. The van der Waals surface area contributed by atoms with Gasteiger partial charge in [-0.15, -0.1) is 0 Å². The van der Waals surface area contributed by atoms with Gasteiger partial charge in [0.05, 0.1) is 11.4 Å². The largest absolute Gasteiger partial charge is 0.320 e. The van der Waals surface area contributed by atoms with Crippen molar-refractivity contribution in [2.24, 2.45) is 11.7 Å². The third-order valence-electron chi connectivity index (χ3n) is 3.17. The van der Waals surface area contributed by atoms with E-state index in [4.69, 9.17) is 5.73 Å². The van der Waals surface area contributed by atoms with Crippen molar-refractivity contribution in [3.8, 4) is 11.8 Å². The molecule has 4 nitrogen and oxygen atoms in total. The van der Waals surface area contributed by atoms with E-state index in [1.165, 1.54) is 17.4 Å². The highest BCUT2D eigenvalue weighted by Gasteiger charge is 2.30. The first-order chi connectivity index (χ1) is 9.45. The molecule has 0 saturated heterocycles. The molecule has 1 aromatic rings. The maximum Gasteiger partial charge on any atom is 0.244 e. The molecule has 1 aromatic carbocycles. The molecule has 1 saturated carbocycles. The molecule has 108 valence electrons. The van der Waals surface area contributed by atoms with Crippen molar-refractivity contribution in [1.82, 2.24) is 4.31 Å². The molecule has 0 heterocycles. The molecule has 2 rings (SSSR count). The molecule has 20 heavy (non-hydrogen) atoms. The van der Waals surface area contributed by atoms with Gasteiger partial charge in [-0.1, -0.05) is 11.8 Å². The van der Waals surface area contributed by atoms with Crippen molar-refractivity contribution in [1.29, 1.82) is 0 Å². The van der Waals surface area contributed by atoms with E-state index < -0.39 is 15.8 Å². The van der Waals surface area contributed by atoms with Crippen molar-refractivity contribution in [3.05, 3.63) is 29.6 Å². The Morgan fingerprint density at radius 1 is 1.45 bits per heavy atom. The Balaban J connectivity index is 2.39. The fourth-order valence-corrected chi connectivity index (χ4v) is 3.27. The molecule has 0 aromatic heterocycles. The van der Waals surface area contributed by atoms with E-state index in [1.807, 2.05) is 0 Å². The second-order valence-corrected chi connectivity index (χ2v) is 6.89. The Kier molecular flexibility index (Phi) is 4.43. The second-order valence-electron chi connectivity index (χ2n) is 4.88. The van der Waals surface area contributed by atoms with Crippen LogP contribution < -0.4 is 5.73 Å². The van der Waals surface area contributed by atoms with Gasteiger partial charge in [-0.2, -0.15) is 0 Å². The molecule has 6 heteroatoms. The van der Waals surface area contributed by atoms with Crippen LogP contribution in [-0.4, -0.2) is 32.9 Å². The number of halogens is 1. The average molecular weight is 296 g/mol. The summed E-state index contributed by atoms with van der Waals surface area (Å²) in [5.74, 6) is 5.11. The highest BCUT2D eigenvalue weighted by atomic mass is 32.2. The summed E-state index contributed by atoms with van der Waals surface area (Å²) in [6.07, 6.45) is 2.12. The Bertz CT molecular complexity index is 657. The van der Waals surface area contributed by atoms with Gasteiger partial charge < -0.3 is 5.73 Å². The van der Waals surface area contributed by atoms with Crippen molar-refractivity contribution >= 4 is 10.0 Å². The van der Waals surface area contributed by atoms with Gasteiger partial charge >= 0.3 is 0 Å². The number of nitrogens with zero attached hydrogens (tertiary/aromatic N) is 1. The van der Waals surface area contributed by atoms with Gasteiger partial charge in [-0.05, 0) is 37.0 Å².